The van der Waals surface area contributed by atoms with E-state index in [1.807, 2.05) is 60.6 Å². The zero-order valence-corrected chi connectivity index (χ0v) is 21.1. The SMILES string of the molecule is CN1C(=NCc2ccccc2)NC=CC1c1cc(N2CCC(N)CC2)nnc1-c1cccc(C(F)(F)F)c1. The Morgan fingerprint density at radius 2 is 1.79 bits per heavy atom. The number of likely N-dealkylation sites (N-methyl/N-ethyl adjacent to an activating group) is 1. The summed E-state index contributed by atoms with van der Waals surface area (Å²) in [5.41, 5.74) is 7.94. The Morgan fingerprint density at radius 1 is 1.03 bits per heavy atom. The van der Waals surface area contributed by atoms with Gasteiger partial charge in [0.25, 0.3) is 0 Å². The smallest absolute Gasteiger partial charge is 0.355 e. The fourth-order valence-corrected chi connectivity index (χ4v) is 4.77. The molecule has 5 rings (SSSR count). The Labute approximate surface area is 219 Å². The molecule has 0 amide bonds. The number of aliphatic imine (C=N–C) groups is 1. The van der Waals surface area contributed by atoms with Gasteiger partial charge in [0.15, 0.2) is 11.8 Å². The first-order valence-corrected chi connectivity index (χ1v) is 12.6. The van der Waals surface area contributed by atoms with Crippen LogP contribution in [0.3, 0.4) is 0 Å². The first-order chi connectivity index (χ1) is 18.3. The van der Waals surface area contributed by atoms with Crippen LogP contribution in [0, 0.1) is 0 Å². The van der Waals surface area contributed by atoms with E-state index >= 15 is 0 Å². The molecule has 3 N–H and O–H groups in total. The van der Waals surface area contributed by atoms with Gasteiger partial charge in [-0.25, -0.2) is 4.99 Å². The monoisotopic (exact) mass is 521 g/mol. The number of nitrogens with two attached hydrogens (primary N) is 1. The number of hydrogen-bond acceptors (Lipinski definition) is 5. The molecule has 0 bridgehead atoms. The van der Waals surface area contributed by atoms with Crippen molar-refractivity contribution >= 4 is 11.8 Å². The molecule has 3 aromatic rings. The zero-order valence-electron chi connectivity index (χ0n) is 21.1. The second kappa shape index (κ2) is 10.8. The molecule has 3 heterocycles. The summed E-state index contributed by atoms with van der Waals surface area (Å²) in [6.45, 7) is 1.99. The molecule has 1 unspecified atom stereocenters. The third kappa shape index (κ3) is 5.65. The van der Waals surface area contributed by atoms with Crippen LogP contribution in [0.4, 0.5) is 19.0 Å². The number of nitrogens with one attached hydrogen (secondary N) is 1. The van der Waals surface area contributed by atoms with E-state index in [4.69, 9.17) is 10.7 Å². The Bertz CT molecular complexity index is 1320. The molecule has 2 aromatic carbocycles. The molecule has 2 aliphatic heterocycles. The molecule has 0 aliphatic carbocycles. The van der Waals surface area contributed by atoms with Crippen LogP contribution in [0.2, 0.25) is 0 Å². The van der Waals surface area contributed by atoms with E-state index in [0.29, 0.717) is 29.6 Å². The van der Waals surface area contributed by atoms with E-state index in [1.54, 1.807) is 6.07 Å². The normalized spacial score (nSPS) is 19.6. The number of nitrogens with zero attached hydrogens (tertiary/aromatic N) is 5. The highest BCUT2D eigenvalue weighted by molar-refractivity contribution is 5.83. The molecule has 10 heteroatoms. The summed E-state index contributed by atoms with van der Waals surface area (Å²) < 4.78 is 40.6. The number of aromatic nitrogens is 2. The number of benzene rings is 2. The molecule has 7 nitrogen and oxygen atoms in total. The van der Waals surface area contributed by atoms with Crippen molar-refractivity contribution < 1.29 is 13.2 Å². The Morgan fingerprint density at radius 3 is 2.53 bits per heavy atom. The largest absolute Gasteiger partial charge is 0.416 e. The van der Waals surface area contributed by atoms with Crippen LogP contribution < -0.4 is 16.0 Å². The van der Waals surface area contributed by atoms with Crippen LogP contribution in [-0.2, 0) is 12.7 Å². The average Bonchev–Trinajstić information content (AvgIpc) is 2.93. The van der Waals surface area contributed by atoms with Crippen molar-refractivity contribution in [2.75, 3.05) is 25.0 Å². The number of halogens is 3. The zero-order chi connectivity index (χ0) is 26.7. The maximum absolute atomic E-state index is 13.5. The van der Waals surface area contributed by atoms with Crippen LogP contribution in [-0.4, -0.2) is 47.2 Å². The van der Waals surface area contributed by atoms with Crippen molar-refractivity contribution in [2.24, 2.45) is 10.7 Å². The molecule has 1 fully saturated rings. The number of alkyl halides is 3. The van der Waals surface area contributed by atoms with Crippen LogP contribution in [0.15, 0.2) is 77.9 Å². The highest BCUT2D eigenvalue weighted by atomic mass is 19.4. The fourth-order valence-electron chi connectivity index (χ4n) is 4.77. The number of rotatable bonds is 5. The Kier molecular flexibility index (Phi) is 7.33. The van der Waals surface area contributed by atoms with Crippen LogP contribution >= 0.6 is 0 Å². The molecular formula is C28H30F3N7. The first-order valence-electron chi connectivity index (χ1n) is 12.6. The second-order valence-corrected chi connectivity index (χ2v) is 9.59. The number of hydrogen-bond donors (Lipinski definition) is 2. The van der Waals surface area contributed by atoms with Crippen LogP contribution in [0.1, 0.15) is 35.6 Å². The molecule has 1 saturated heterocycles. The van der Waals surface area contributed by atoms with Crippen molar-refractivity contribution in [3.63, 3.8) is 0 Å². The van der Waals surface area contributed by atoms with E-state index in [-0.39, 0.29) is 12.1 Å². The standard InChI is InChI=1S/C28H30F3N7/c1-37-24(10-13-33-27(37)34-18-19-6-3-2-4-7-19)23-17-25(38-14-11-22(32)12-15-38)35-36-26(23)20-8-5-9-21(16-20)28(29,30)31/h2-10,13,16-17,22,24H,11-12,14-15,18,32H2,1H3,(H,33,34). The topological polar surface area (TPSA) is 82.7 Å². The Balaban J connectivity index is 1.53. The minimum atomic E-state index is -4.46. The predicted octanol–water partition coefficient (Wildman–Crippen LogP) is 4.74. The molecule has 0 spiro atoms. The summed E-state index contributed by atoms with van der Waals surface area (Å²) in [4.78, 5) is 8.85. The summed E-state index contributed by atoms with van der Waals surface area (Å²) in [5.74, 6) is 1.34. The molecule has 38 heavy (non-hydrogen) atoms. The third-order valence-electron chi connectivity index (χ3n) is 6.95. The molecule has 1 atom stereocenters. The van der Waals surface area contributed by atoms with E-state index < -0.39 is 11.7 Å². The second-order valence-electron chi connectivity index (χ2n) is 9.59. The number of anilines is 1. The lowest BCUT2D eigenvalue weighted by molar-refractivity contribution is -0.137. The lowest BCUT2D eigenvalue weighted by Crippen LogP contribution is -2.42. The van der Waals surface area contributed by atoms with Crippen LogP contribution in [0.5, 0.6) is 0 Å². The molecule has 2 aliphatic rings. The average molecular weight is 522 g/mol. The lowest BCUT2D eigenvalue weighted by atomic mass is 9.97. The first kappa shape index (κ1) is 25.7. The summed E-state index contributed by atoms with van der Waals surface area (Å²) in [7, 11) is 1.90. The summed E-state index contributed by atoms with van der Waals surface area (Å²) in [6.07, 6.45) is 0.987. The quantitative estimate of drug-likeness (QED) is 0.505. The van der Waals surface area contributed by atoms with Crippen LogP contribution in [0.25, 0.3) is 11.3 Å². The van der Waals surface area contributed by atoms with Crippen molar-refractivity contribution in [3.8, 4) is 11.3 Å². The minimum Gasteiger partial charge on any atom is -0.355 e. The molecule has 0 saturated carbocycles. The molecule has 0 radical (unpaired) electrons. The number of piperidine rings is 1. The van der Waals surface area contributed by atoms with Gasteiger partial charge in [-0.05, 0) is 42.7 Å². The van der Waals surface area contributed by atoms with E-state index in [0.717, 1.165) is 49.2 Å². The van der Waals surface area contributed by atoms with Gasteiger partial charge in [-0.2, -0.15) is 13.2 Å². The van der Waals surface area contributed by atoms with Gasteiger partial charge in [-0.1, -0.05) is 42.5 Å². The van der Waals surface area contributed by atoms with Crippen molar-refractivity contribution in [1.29, 1.82) is 0 Å². The van der Waals surface area contributed by atoms with Gasteiger partial charge in [0.1, 0.15) is 0 Å². The van der Waals surface area contributed by atoms with E-state index in [9.17, 15) is 13.2 Å². The van der Waals surface area contributed by atoms with Gasteiger partial charge in [-0.15, -0.1) is 10.2 Å². The van der Waals surface area contributed by atoms with E-state index in [2.05, 4.69) is 20.4 Å². The van der Waals surface area contributed by atoms with Crippen molar-refractivity contribution in [1.82, 2.24) is 20.4 Å². The molecular weight excluding hydrogens is 491 g/mol. The van der Waals surface area contributed by atoms with Gasteiger partial charge in [0, 0.05) is 43.5 Å². The highest BCUT2D eigenvalue weighted by Crippen LogP contribution is 2.36. The minimum absolute atomic E-state index is 0.157. The predicted molar refractivity (Wildman–Crippen MR) is 142 cm³/mol. The van der Waals surface area contributed by atoms with Gasteiger partial charge < -0.3 is 20.9 Å². The summed E-state index contributed by atoms with van der Waals surface area (Å²) in [5, 5.41) is 12.1. The van der Waals surface area contributed by atoms with Gasteiger partial charge in [-0.3, -0.25) is 0 Å². The summed E-state index contributed by atoms with van der Waals surface area (Å²) in [6, 6.07) is 16.9. The summed E-state index contributed by atoms with van der Waals surface area (Å²) >= 11 is 0. The van der Waals surface area contributed by atoms with E-state index in [1.165, 1.54) is 6.07 Å². The van der Waals surface area contributed by atoms with Crippen molar-refractivity contribution in [3.05, 3.63) is 89.6 Å². The Hall–Kier alpha value is -3.92. The van der Waals surface area contributed by atoms with Gasteiger partial charge in [0.05, 0.1) is 23.8 Å². The highest BCUT2D eigenvalue weighted by Gasteiger charge is 2.32. The third-order valence-corrected chi connectivity index (χ3v) is 6.95. The maximum atomic E-state index is 13.5. The molecule has 198 valence electrons. The fraction of sp³-hybridized carbons (Fsp3) is 0.321. The van der Waals surface area contributed by atoms with Gasteiger partial charge >= 0.3 is 6.18 Å². The van der Waals surface area contributed by atoms with Gasteiger partial charge in [0.2, 0.25) is 0 Å². The number of guanidine groups is 1. The van der Waals surface area contributed by atoms with Crippen molar-refractivity contribution in [2.45, 2.75) is 37.6 Å². The maximum Gasteiger partial charge on any atom is 0.416 e. The lowest BCUT2D eigenvalue weighted by Gasteiger charge is -2.34. The molecule has 1 aromatic heterocycles.